The Hall–Kier alpha value is 0.821. The van der Waals surface area contributed by atoms with Gasteiger partial charge in [-0.05, 0) is 25.5 Å². The van der Waals surface area contributed by atoms with Gasteiger partial charge in [0.25, 0.3) is 0 Å². The molecule has 0 bridgehead atoms. The maximum Gasteiger partial charge on any atom is 3.00 e. The average Bonchev–Trinajstić information content (AvgIpc) is 2.86. The molecule has 0 spiro atoms. The molecular formula is C18H27Cl2SSiTi. The third-order valence-electron chi connectivity index (χ3n) is 4.61. The van der Waals surface area contributed by atoms with Crippen molar-refractivity contribution in [2.75, 3.05) is 0 Å². The van der Waals surface area contributed by atoms with Gasteiger partial charge < -0.3 is 24.8 Å². The normalized spacial score (nSPS) is 23.2. The number of hydrogen-bond donors (Lipinski definition) is 0. The molecule has 5 heteroatoms. The van der Waals surface area contributed by atoms with Gasteiger partial charge in [-0.2, -0.15) is 17.8 Å². The predicted molar refractivity (Wildman–Crippen MR) is 95.6 cm³/mol. The van der Waals surface area contributed by atoms with E-state index in [0.29, 0.717) is 5.25 Å². The fourth-order valence-electron chi connectivity index (χ4n) is 3.47. The molecule has 0 nitrogen and oxygen atoms in total. The molecule has 0 saturated carbocycles. The second-order valence-electron chi connectivity index (χ2n) is 6.80. The molecule has 2 aliphatic carbocycles. The van der Waals surface area contributed by atoms with Crippen LogP contribution >= 0.6 is 11.8 Å². The van der Waals surface area contributed by atoms with E-state index in [2.05, 4.69) is 82.9 Å². The van der Waals surface area contributed by atoms with E-state index in [4.69, 9.17) is 0 Å². The molecule has 0 heterocycles. The van der Waals surface area contributed by atoms with Crippen LogP contribution in [0.15, 0.2) is 40.6 Å². The molecule has 1 atom stereocenters. The van der Waals surface area contributed by atoms with E-state index in [0.717, 1.165) is 6.42 Å². The molecule has 0 aromatic heterocycles. The first-order valence-electron chi connectivity index (χ1n) is 7.61. The van der Waals surface area contributed by atoms with Crippen LogP contribution in [0.4, 0.5) is 0 Å². The topological polar surface area (TPSA) is 0 Å². The SMILES string of the molecule is CC1=CCC(SC(C)C)([Si](C)(C)C2=[C-]CC=C2)C(C)=C1.[Cl-].[Cl-].[Ti+3]. The molecule has 1 unspecified atom stereocenters. The largest absolute Gasteiger partial charge is 3.00 e. The van der Waals surface area contributed by atoms with E-state index >= 15 is 0 Å². The summed E-state index contributed by atoms with van der Waals surface area (Å²) in [5, 5.41) is 2.18. The first-order chi connectivity index (χ1) is 9.29. The summed E-state index contributed by atoms with van der Waals surface area (Å²) in [7, 11) is -1.61. The molecule has 2 rings (SSSR count). The van der Waals surface area contributed by atoms with Crippen LogP contribution in [0.25, 0.3) is 0 Å². The van der Waals surface area contributed by atoms with Crippen molar-refractivity contribution in [2.45, 2.75) is 63.3 Å². The standard InChI is InChI=1S/C18H27SSi.2ClH.Ti/c1-14(2)19-18(12-11-15(3)13-16(18)4)20(5,6)17-9-7-8-10-17;;;/h7,9,11,13-14H,8,12H2,1-6H3;2*1H;/q-1;;;+3/p-2. The van der Waals surface area contributed by atoms with Crippen LogP contribution in [0.5, 0.6) is 0 Å². The van der Waals surface area contributed by atoms with Crippen molar-refractivity contribution in [3.63, 3.8) is 0 Å². The summed E-state index contributed by atoms with van der Waals surface area (Å²) >= 11 is 2.18. The number of rotatable bonds is 4. The van der Waals surface area contributed by atoms with Gasteiger partial charge in [-0.1, -0.05) is 50.2 Å². The van der Waals surface area contributed by atoms with E-state index in [1.165, 1.54) is 17.2 Å². The molecule has 0 N–H and O–H groups in total. The van der Waals surface area contributed by atoms with Crippen molar-refractivity contribution in [2.24, 2.45) is 0 Å². The molecule has 0 fully saturated rings. The molecule has 127 valence electrons. The van der Waals surface area contributed by atoms with E-state index in [-0.39, 0.29) is 50.9 Å². The van der Waals surface area contributed by atoms with Crippen LogP contribution in [-0.2, 0) is 21.7 Å². The maximum atomic E-state index is 3.63. The number of allylic oxidation sites excluding steroid dienone is 7. The van der Waals surface area contributed by atoms with Crippen molar-refractivity contribution in [1.82, 2.24) is 0 Å². The molecule has 0 aromatic rings. The molecule has 0 saturated heterocycles. The summed E-state index contributed by atoms with van der Waals surface area (Å²) < 4.78 is 0.289. The summed E-state index contributed by atoms with van der Waals surface area (Å²) in [6.07, 6.45) is 15.3. The Morgan fingerprint density at radius 2 is 1.83 bits per heavy atom. The zero-order chi connectivity index (χ0) is 15.0. The predicted octanol–water partition coefficient (Wildman–Crippen LogP) is -0.355. The van der Waals surface area contributed by atoms with Crippen molar-refractivity contribution in [1.29, 1.82) is 0 Å². The Morgan fingerprint density at radius 1 is 1.22 bits per heavy atom. The van der Waals surface area contributed by atoms with E-state index < -0.39 is 8.07 Å². The van der Waals surface area contributed by atoms with Gasteiger partial charge in [0.2, 0.25) is 0 Å². The Bertz CT molecular complexity index is 521. The second kappa shape index (κ2) is 10.1. The van der Waals surface area contributed by atoms with Crippen LogP contribution < -0.4 is 24.8 Å². The first kappa shape index (κ1) is 26.1. The van der Waals surface area contributed by atoms with Crippen molar-refractivity contribution in [3.8, 4) is 0 Å². The van der Waals surface area contributed by atoms with Crippen LogP contribution in [0.1, 0.15) is 40.5 Å². The van der Waals surface area contributed by atoms with Gasteiger partial charge >= 0.3 is 21.7 Å². The minimum Gasteiger partial charge on any atom is -1.00 e. The Labute approximate surface area is 175 Å². The summed E-state index contributed by atoms with van der Waals surface area (Å²) in [5.41, 5.74) is 3.00. The summed E-state index contributed by atoms with van der Waals surface area (Å²) in [4.78, 5) is 0. The van der Waals surface area contributed by atoms with Gasteiger partial charge in [-0.3, -0.25) is 6.08 Å². The molecule has 0 aliphatic heterocycles. The smallest absolute Gasteiger partial charge is 1.00 e. The monoisotopic (exact) mass is 421 g/mol. The van der Waals surface area contributed by atoms with Crippen LogP contribution in [0.2, 0.25) is 13.1 Å². The van der Waals surface area contributed by atoms with Gasteiger partial charge in [0, 0.05) is 4.37 Å². The third-order valence-corrected chi connectivity index (χ3v) is 12.2. The zero-order valence-corrected chi connectivity index (χ0v) is 19.9. The summed E-state index contributed by atoms with van der Waals surface area (Å²) in [6, 6.07) is 0. The minimum atomic E-state index is -1.61. The Kier molecular flexibility index (Phi) is 11.4. The number of hydrogen-bond acceptors (Lipinski definition) is 1. The molecular weight excluding hydrogens is 395 g/mol. The van der Waals surface area contributed by atoms with Gasteiger partial charge in [0.15, 0.2) is 0 Å². The number of halogens is 2. The van der Waals surface area contributed by atoms with Crippen LogP contribution in [-0.4, -0.2) is 17.7 Å². The van der Waals surface area contributed by atoms with Crippen molar-refractivity contribution >= 4 is 19.8 Å². The van der Waals surface area contributed by atoms with E-state index in [1.807, 2.05) is 0 Å². The van der Waals surface area contributed by atoms with Crippen molar-refractivity contribution in [3.05, 3.63) is 46.7 Å². The molecule has 1 radical (unpaired) electrons. The average molecular weight is 422 g/mol. The minimum absolute atomic E-state index is 0. The van der Waals surface area contributed by atoms with Gasteiger partial charge in [-0.25, -0.2) is 11.3 Å². The zero-order valence-electron chi connectivity index (χ0n) is 15.0. The molecule has 23 heavy (non-hydrogen) atoms. The van der Waals surface area contributed by atoms with Crippen molar-refractivity contribution < 1.29 is 46.5 Å². The quantitative estimate of drug-likeness (QED) is 0.441. The molecule has 2 aliphatic rings. The van der Waals surface area contributed by atoms with Crippen LogP contribution in [0.3, 0.4) is 0 Å². The van der Waals surface area contributed by atoms with Gasteiger partial charge in [0.05, 0.1) is 8.07 Å². The maximum absolute atomic E-state index is 3.63. The number of thioether (sulfide) groups is 1. The second-order valence-corrected chi connectivity index (χ2v) is 13.7. The van der Waals surface area contributed by atoms with Crippen LogP contribution in [0, 0.1) is 6.08 Å². The first-order valence-corrected chi connectivity index (χ1v) is 11.5. The Balaban J connectivity index is 0. The van der Waals surface area contributed by atoms with Gasteiger partial charge in [-0.15, -0.1) is 6.42 Å². The fourth-order valence-corrected chi connectivity index (χ4v) is 10.1. The molecule has 0 aromatic carbocycles. The Morgan fingerprint density at radius 3 is 2.26 bits per heavy atom. The third kappa shape index (κ3) is 5.15. The molecule has 0 amide bonds. The fraction of sp³-hybridized carbons (Fsp3) is 0.556. The van der Waals surface area contributed by atoms with E-state index in [9.17, 15) is 0 Å². The van der Waals surface area contributed by atoms with Gasteiger partial charge in [0.1, 0.15) is 0 Å². The van der Waals surface area contributed by atoms with E-state index in [1.54, 1.807) is 5.57 Å². The summed E-state index contributed by atoms with van der Waals surface area (Å²) in [5.74, 6) is 0. The summed E-state index contributed by atoms with van der Waals surface area (Å²) in [6.45, 7) is 14.3.